The lowest BCUT2D eigenvalue weighted by Gasteiger charge is -2.17. The zero-order valence-electron chi connectivity index (χ0n) is 12.5. The van der Waals surface area contributed by atoms with Crippen LogP contribution in [0.3, 0.4) is 0 Å². The maximum absolute atomic E-state index is 11.8. The topological polar surface area (TPSA) is 98.5 Å². The van der Waals surface area contributed by atoms with E-state index in [4.69, 9.17) is 4.74 Å². The molecule has 0 spiro atoms. The predicted octanol–water partition coefficient (Wildman–Crippen LogP) is 2.67. The van der Waals surface area contributed by atoms with E-state index in [1.165, 1.54) is 12.1 Å². The number of benzene rings is 1. The van der Waals surface area contributed by atoms with Crippen molar-refractivity contribution in [1.29, 1.82) is 0 Å². The molecule has 0 unspecified atom stereocenters. The summed E-state index contributed by atoms with van der Waals surface area (Å²) in [5, 5.41) is 13.5. The first-order chi connectivity index (χ1) is 10.2. The van der Waals surface area contributed by atoms with Gasteiger partial charge in [0, 0.05) is 12.1 Å². The molecule has 0 radical (unpaired) electrons. The summed E-state index contributed by atoms with van der Waals surface area (Å²) in [4.78, 5) is 33.6. The smallest absolute Gasteiger partial charge is 0.338 e. The van der Waals surface area contributed by atoms with Crippen LogP contribution < -0.4 is 5.32 Å². The highest BCUT2D eigenvalue weighted by molar-refractivity contribution is 9.10. The number of hydrogen-bond acceptors (Lipinski definition) is 5. The molecule has 0 aliphatic rings. The average molecular weight is 373 g/mol. The molecule has 22 heavy (non-hydrogen) atoms. The molecule has 1 amide bonds. The third-order valence-corrected chi connectivity index (χ3v) is 3.77. The Kier molecular flexibility index (Phi) is 6.48. The van der Waals surface area contributed by atoms with Crippen LogP contribution >= 0.6 is 15.9 Å². The van der Waals surface area contributed by atoms with Crippen molar-refractivity contribution in [2.45, 2.75) is 26.8 Å². The summed E-state index contributed by atoms with van der Waals surface area (Å²) in [6.07, 6.45) is 0. The quantitative estimate of drug-likeness (QED) is 0.470. The van der Waals surface area contributed by atoms with E-state index in [9.17, 15) is 19.7 Å². The summed E-state index contributed by atoms with van der Waals surface area (Å²) < 4.78 is 5.12. The molecule has 1 N–H and O–H groups in total. The maximum atomic E-state index is 11.8. The van der Waals surface area contributed by atoms with E-state index in [1.807, 2.05) is 20.8 Å². The second-order valence-corrected chi connectivity index (χ2v) is 5.95. The number of carbonyl (C=O) groups excluding carboxylic acids is 2. The summed E-state index contributed by atoms with van der Waals surface area (Å²) in [5.41, 5.74) is -0.230. The molecule has 7 nitrogen and oxygen atoms in total. The van der Waals surface area contributed by atoms with E-state index in [-0.39, 0.29) is 27.7 Å². The predicted molar refractivity (Wildman–Crippen MR) is 83.5 cm³/mol. The molecule has 1 rings (SSSR count). The molecule has 0 saturated heterocycles. The van der Waals surface area contributed by atoms with Gasteiger partial charge in [-0.25, -0.2) is 4.79 Å². The van der Waals surface area contributed by atoms with Crippen molar-refractivity contribution in [1.82, 2.24) is 5.32 Å². The number of hydrogen-bond donors (Lipinski definition) is 1. The molecular weight excluding hydrogens is 356 g/mol. The Labute approximate surface area is 136 Å². The number of carbonyl (C=O) groups is 2. The minimum atomic E-state index is -0.789. The van der Waals surface area contributed by atoms with Gasteiger partial charge < -0.3 is 10.1 Å². The Morgan fingerprint density at radius 1 is 1.36 bits per heavy atom. The molecule has 0 heterocycles. The molecule has 0 aromatic heterocycles. The average Bonchev–Trinajstić information content (AvgIpc) is 2.44. The zero-order valence-corrected chi connectivity index (χ0v) is 14.0. The number of nitro groups is 1. The van der Waals surface area contributed by atoms with Crippen LogP contribution in [-0.4, -0.2) is 29.4 Å². The molecule has 8 heteroatoms. The minimum absolute atomic E-state index is 0.0135. The summed E-state index contributed by atoms with van der Waals surface area (Å²) in [6.45, 7) is 5.33. The first-order valence-corrected chi connectivity index (χ1v) is 7.42. The van der Waals surface area contributed by atoms with Gasteiger partial charge in [0.15, 0.2) is 6.61 Å². The summed E-state index contributed by atoms with van der Waals surface area (Å²) >= 11 is 3.03. The Morgan fingerprint density at radius 3 is 2.55 bits per heavy atom. The molecule has 0 fully saturated rings. The molecule has 120 valence electrons. The fourth-order valence-electron chi connectivity index (χ4n) is 1.46. The zero-order chi connectivity index (χ0) is 16.9. The highest BCUT2D eigenvalue weighted by Gasteiger charge is 2.18. The summed E-state index contributed by atoms with van der Waals surface area (Å²) in [6, 6.07) is 3.82. The first kappa shape index (κ1) is 18.1. The van der Waals surface area contributed by atoms with Crippen molar-refractivity contribution in [3.05, 3.63) is 38.3 Å². The molecule has 0 bridgehead atoms. The van der Waals surface area contributed by atoms with Crippen LogP contribution in [0.5, 0.6) is 0 Å². The minimum Gasteiger partial charge on any atom is -0.452 e. The molecule has 0 aliphatic carbocycles. The van der Waals surface area contributed by atoms with Gasteiger partial charge in [0.2, 0.25) is 0 Å². The lowest BCUT2D eigenvalue weighted by molar-refractivity contribution is -0.385. The number of nitro benzene ring substituents is 1. The SMILES string of the molecule is CC(C)[C@@H](C)NC(=O)COC(=O)c1ccc(Br)c([N+](=O)[O-])c1. The van der Waals surface area contributed by atoms with Gasteiger partial charge in [0.05, 0.1) is 15.0 Å². The van der Waals surface area contributed by atoms with Crippen LogP contribution in [0.4, 0.5) is 5.69 Å². The Hall–Kier alpha value is -1.96. The lowest BCUT2D eigenvalue weighted by atomic mass is 10.1. The number of esters is 1. The van der Waals surface area contributed by atoms with Crippen molar-refractivity contribution in [2.24, 2.45) is 5.92 Å². The van der Waals surface area contributed by atoms with Crippen molar-refractivity contribution in [2.75, 3.05) is 6.61 Å². The molecular formula is C14H17BrN2O5. The Morgan fingerprint density at radius 2 is 2.00 bits per heavy atom. The Balaban J connectivity index is 2.65. The fraction of sp³-hybridized carbons (Fsp3) is 0.429. The standard InChI is InChI=1S/C14H17BrN2O5/c1-8(2)9(3)16-13(18)7-22-14(19)10-4-5-11(15)12(6-10)17(20)21/h4-6,8-9H,7H2,1-3H3,(H,16,18)/t9-/m1/s1. The maximum Gasteiger partial charge on any atom is 0.338 e. The van der Waals surface area contributed by atoms with Crippen LogP contribution in [0.25, 0.3) is 0 Å². The van der Waals surface area contributed by atoms with Gasteiger partial charge in [-0.2, -0.15) is 0 Å². The highest BCUT2D eigenvalue weighted by atomic mass is 79.9. The fourth-order valence-corrected chi connectivity index (χ4v) is 1.85. The van der Waals surface area contributed by atoms with E-state index in [0.29, 0.717) is 0 Å². The van der Waals surface area contributed by atoms with Gasteiger partial charge in [-0.05, 0) is 40.9 Å². The third kappa shape index (κ3) is 5.10. The van der Waals surface area contributed by atoms with Gasteiger partial charge in [-0.15, -0.1) is 0 Å². The van der Waals surface area contributed by atoms with Gasteiger partial charge in [-0.3, -0.25) is 14.9 Å². The molecule has 1 atom stereocenters. The third-order valence-electron chi connectivity index (χ3n) is 3.10. The lowest BCUT2D eigenvalue weighted by Crippen LogP contribution is -2.38. The van der Waals surface area contributed by atoms with E-state index < -0.39 is 23.4 Å². The monoisotopic (exact) mass is 372 g/mol. The molecule has 1 aromatic carbocycles. The number of nitrogens with one attached hydrogen (secondary N) is 1. The van der Waals surface area contributed by atoms with Crippen LogP contribution in [0.2, 0.25) is 0 Å². The van der Waals surface area contributed by atoms with Crippen molar-refractivity contribution >= 4 is 33.5 Å². The van der Waals surface area contributed by atoms with Crippen molar-refractivity contribution in [3.63, 3.8) is 0 Å². The van der Waals surface area contributed by atoms with E-state index in [2.05, 4.69) is 21.2 Å². The van der Waals surface area contributed by atoms with E-state index in [0.717, 1.165) is 6.07 Å². The van der Waals surface area contributed by atoms with Gasteiger partial charge in [0.25, 0.3) is 11.6 Å². The van der Waals surface area contributed by atoms with Crippen LogP contribution in [-0.2, 0) is 9.53 Å². The van der Waals surface area contributed by atoms with Gasteiger partial charge >= 0.3 is 5.97 Å². The van der Waals surface area contributed by atoms with Crippen molar-refractivity contribution < 1.29 is 19.2 Å². The van der Waals surface area contributed by atoms with Crippen LogP contribution in [0.15, 0.2) is 22.7 Å². The highest BCUT2D eigenvalue weighted by Crippen LogP contribution is 2.25. The number of amides is 1. The first-order valence-electron chi connectivity index (χ1n) is 6.62. The van der Waals surface area contributed by atoms with Gasteiger partial charge in [-0.1, -0.05) is 13.8 Å². The second kappa shape index (κ2) is 7.88. The summed E-state index contributed by atoms with van der Waals surface area (Å²) in [7, 11) is 0. The second-order valence-electron chi connectivity index (χ2n) is 5.10. The van der Waals surface area contributed by atoms with E-state index in [1.54, 1.807) is 0 Å². The van der Waals surface area contributed by atoms with Gasteiger partial charge in [0.1, 0.15) is 0 Å². The van der Waals surface area contributed by atoms with Crippen molar-refractivity contribution in [3.8, 4) is 0 Å². The number of halogens is 1. The number of ether oxygens (including phenoxy) is 1. The summed E-state index contributed by atoms with van der Waals surface area (Å²) in [5.74, 6) is -0.946. The molecule has 0 aliphatic heterocycles. The normalized spacial score (nSPS) is 11.9. The van der Waals surface area contributed by atoms with Crippen LogP contribution in [0.1, 0.15) is 31.1 Å². The van der Waals surface area contributed by atoms with E-state index >= 15 is 0 Å². The largest absolute Gasteiger partial charge is 0.452 e. The molecule has 1 aromatic rings. The number of nitrogens with zero attached hydrogens (tertiary/aromatic N) is 1. The Bertz CT molecular complexity index is 589. The molecule has 0 saturated carbocycles. The number of rotatable bonds is 6. The van der Waals surface area contributed by atoms with Crippen LogP contribution in [0, 0.1) is 16.0 Å².